The lowest BCUT2D eigenvalue weighted by atomic mass is 9.56. The number of piperidine rings is 1. The minimum atomic E-state index is -0.407. The number of nitrogens with zero attached hydrogens (tertiary/aromatic N) is 2. The summed E-state index contributed by atoms with van der Waals surface area (Å²) >= 11 is 0. The zero-order valence-corrected chi connectivity index (χ0v) is 26.3. The molecule has 7 nitrogen and oxygen atoms in total. The second-order valence-electron chi connectivity index (χ2n) is 12.8. The van der Waals surface area contributed by atoms with E-state index in [0.717, 1.165) is 42.4 Å². The number of carbonyl (C=O) groups excluding carboxylic acids is 3. The number of amides is 1. The van der Waals surface area contributed by atoms with Crippen LogP contribution >= 0.6 is 0 Å². The molecule has 232 valence electrons. The molecule has 1 aliphatic carbocycles. The number of esters is 2. The SMILES string of the molecule is C=CCN1CCC2(c3cccc(OC(C)=O)c3)CC(N(CC(C)C)C(=O)c3ccc4ccccc4c3)CC(OC(C)=O)C2C1. The fourth-order valence-electron chi connectivity index (χ4n) is 7.47. The molecule has 1 amide bonds. The topological polar surface area (TPSA) is 76.2 Å². The Kier molecular flexibility index (Phi) is 9.54. The molecule has 5 rings (SSSR count). The summed E-state index contributed by atoms with van der Waals surface area (Å²) in [7, 11) is 0. The van der Waals surface area contributed by atoms with Crippen LogP contribution in [0.2, 0.25) is 0 Å². The highest BCUT2D eigenvalue weighted by Gasteiger charge is 2.54. The Morgan fingerprint density at radius 2 is 1.80 bits per heavy atom. The standard InChI is InChI=1S/C37H44N2O5/c1-6-17-38-18-16-37(31-12-9-13-33(20-31)43-26(4)40)22-32(21-35(34(37)24-38)44-27(5)41)39(23-25(2)3)36(42)30-15-14-28-10-7-8-11-29(28)19-30/h6-15,19-20,25,32,34-35H,1,16-18,21-24H2,2-5H3. The lowest BCUT2D eigenvalue weighted by Gasteiger charge is -2.56. The average Bonchev–Trinajstić information content (AvgIpc) is 2.99. The van der Waals surface area contributed by atoms with E-state index in [2.05, 4.69) is 31.4 Å². The summed E-state index contributed by atoms with van der Waals surface area (Å²) in [5, 5.41) is 2.12. The summed E-state index contributed by atoms with van der Waals surface area (Å²) < 4.78 is 11.7. The highest BCUT2D eigenvalue weighted by Crippen LogP contribution is 2.51. The second-order valence-corrected chi connectivity index (χ2v) is 12.8. The minimum Gasteiger partial charge on any atom is -0.462 e. The van der Waals surface area contributed by atoms with Crippen molar-refractivity contribution in [3.05, 3.63) is 90.5 Å². The predicted molar refractivity (Wildman–Crippen MR) is 173 cm³/mol. The molecule has 44 heavy (non-hydrogen) atoms. The van der Waals surface area contributed by atoms with Crippen LogP contribution in [0.1, 0.15) is 62.9 Å². The molecular formula is C37H44N2O5. The Balaban J connectivity index is 1.60. The van der Waals surface area contributed by atoms with Crippen molar-refractivity contribution in [1.29, 1.82) is 0 Å². The molecule has 2 aliphatic rings. The first-order chi connectivity index (χ1) is 21.1. The van der Waals surface area contributed by atoms with Gasteiger partial charge in [0.1, 0.15) is 11.9 Å². The van der Waals surface area contributed by atoms with E-state index < -0.39 is 11.5 Å². The molecule has 1 heterocycles. The molecule has 3 aromatic rings. The highest BCUT2D eigenvalue weighted by atomic mass is 16.5. The molecule has 1 saturated heterocycles. The zero-order chi connectivity index (χ0) is 31.4. The first-order valence-electron chi connectivity index (χ1n) is 15.7. The number of hydrogen-bond acceptors (Lipinski definition) is 6. The van der Waals surface area contributed by atoms with Crippen LogP contribution in [0.3, 0.4) is 0 Å². The molecule has 1 aliphatic heterocycles. The van der Waals surface area contributed by atoms with Crippen LogP contribution in [0.4, 0.5) is 0 Å². The van der Waals surface area contributed by atoms with E-state index in [1.165, 1.54) is 13.8 Å². The molecule has 0 bridgehead atoms. The lowest BCUT2D eigenvalue weighted by Crippen LogP contribution is -2.62. The molecule has 2 fully saturated rings. The van der Waals surface area contributed by atoms with Crippen LogP contribution in [0.25, 0.3) is 10.8 Å². The molecule has 0 aromatic heterocycles. The van der Waals surface area contributed by atoms with E-state index in [-0.39, 0.29) is 35.7 Å². The summed E-state index contributed by atoms with van der Waals surface area (Å²) in [6.07, 6.45) is 3.60. The van der Waals surface area contributed by atoms with Crippen LogP contribution in [0.5, 0.6) is 5.75 Å². The number of fused-ring (bicyclic) bond motifs is 2. The zero-order valence-electron chi connectivity index (χ0n) is 26.3. The molecule has 4 unspecified atom stereocenters. The van der Waals surface area contributed by atoms with Gasteiger partial charge in [-0.15, -0.1) is 6.58 Å². The number of ether oxygens (including phenoxy) is 2. The van der Waals surface area contributed by atoms with Crippen LogP contribution in [0, 0.1) is 11.8 Å². The van der Waals surface area contributed by atoms with Gasteiger partial charge in [0.05, 0.1) is 0 Å². The Labute approximate surface area is 260 Å². The van der Waals surface area contributed by atoms with Gasteiger partial charge in [0, 0.05) is 62.8 Å². The van der Waals surface area contributed by atoms with Gasteiger partial charge in [-0.3, -0.25) is 19.3 Å². The fourth-order valence-corrected chi connectivity index (χ4v) is 7.47. The predicted octanol–water partition coefficient (Wildman–Crippen LogP) is 6.40. The summed E-state index contributed by atoms with van der Waals surface area (Å²) in [6, 6.07) is 21.6. The van der Waals surface area contributed by atoms with Crippen molar-refractivity contribution in [2.75, 3.05) is 26.2 Å². The normalized spacial score (nSPS) is 23.5. The minimum absolute atomic E-state index is 0.0117. The number of benzene rings is 3. The van der Waals surface area contributed by atoms with Crippen molar-refractivity contribution in [3.63, 3.8) is 0 Å². The Bertz CT molecular complexity index is 1530. The van der Waals surface area contributed by atoms with Gasteiger partial charge in [-0.2, -0.15) is 0 Å². The molecular weight excluding hydrogens is 552 g/mol. The first kappa shape index (κ1) is 31.5. The highest BCUT2D eigenvalue weighted by molar-refractivity contribution is 5.98. The van der Waals surface area contributed by atoms with Crippen molar-refractivity contribution >= 4 is 28.6 Å². The molecule has 7 heteroatoms. The van der Waals surface area contributed by atoms with Crippen molar-refractivity contribution in [2.24, 2.45) is 11.8 Å². The maximum absolute atomic E-state index is 14.4. The second kappa shape index (κ2) is 13.3. The number of hydrogen-bond donors (Lipinski definition) is 0. The van der Waals surface area contributed by atoms with Gasteiger partial charge >= 0.3 is 11.9 Å². The van der Waals surface area contributed by atoms with Crippen LogP contribution in [0.15, 0.2) is 79.4 Å². The lowest BCUT2D eigenvalue weighted by molar-refractivity contribution is -0.159. The van der Waals surface area contributed by atoms with E-state index in [1.54, 1.807) is 6.07 Å². The largest absolute Gasteiger partial charge is 0.462 e. The molecule has 0 spiro atoms. The summed E-state index contributed by atoms with van der Waals surface area (Å²) in [4.78, 5) is 43.2. The quantitative estimate of drug-likeness (QED) is 0.162. The van der Waals surface area contributed by atoms with Crippen molar-refractivity contribution in [2.45, 2.75) is 64.5 Å². The van der Waals surface area contributed by atoms with Gasteiger partial charge in [0.15, 0.2) is 0 Å². The Morgan fingerprint density at radius 1 is 1.02 bits per heavy atom. The molecule has 1 saturated carbocycles. The third-order valence-corrected chi connectivity index (χ3v) is 9.23. The third-order valence-electron chi connectivity index (χ3n) is 9.23. The van der Waals surface area contributed by atoms with Crippen LogP contribution in [-0.2, 0) is 19.7 Å². The van der Waals surface area contributed by atoms with E-state index in [0.29, 0.717) is 30.7 Å². The Hall–Kier alpha value is -3.97. The van der Waals surface area contributed by atoms with Crippen LogP contribution in [-0.4, -0.2) is 66.0 Å². The van der Waals surface area contributed by atoms with E-state index in [4.69, 9.17) is 9.47 Å². The van der Waals surface area contributed by atoms with Crippen molar-refractivity contribution in [3.8, 4) is 5.75 Å². The first-order valence-corrected chi connectivity index (χ1v) is 15.7. The maximum atomic E-state index is 14.4. The third kappa shape index (κ3) is 6.73. The van der Waals surface area contributed by atoms with E-state index >= 15 is 0 Å². The fraction of sp³-hybridized carbons (Fsp3) is 0.432. The number of carbonyl (C=O) groups is 3. The average molecular weight is 597 g/mol. The maximum Gasteiger partial charge on any atom is 0.308 e. The van der Waals surface area contributed by atoms with Gasteiger partial charge in [-0.25, -0.2) is 0 Å². The van der Waals surface area contributed by atoms with E-state index in [1.807, 2.05) is 65.6 Å². The molecule has 0 N–H and O–H groups in total. The van der Waals surface area contributed by atoms with Gasteiger partial charge in [-0.1, -0.05) is 62.4 Å². The van der Waals surface area contributed by atoms with E-state index in [9.17, 15) is 14.4 Å². The van der Waals surface area contributed by atoms with Gasteiger partial charge in [0.2, 0.25) is 0 Å². The number of likely N-dealkylation sites (tertiary alicyclic amines) is 1. The van der Waals surface area contributed by atoms with Gasteiger partial charge in [0.25, 0.3) is 5.91 Å². The Morgan fingerprint density at radius 3 is 2.50 bits per heavy atom. The molecule has 0 radical (unpaired) electrons. The number of rotatable bonds is 9. The molecule has 3 aromatic carbocycles. The smallest absolute Gasteiger partial charge is 0.308 e. The van der Waals surface area contributed by atoms with Crippen molar-refractivity contribution < 1.29 is 23.9 Å². The van der Waals surface area contributed by atoms with Crippen molar-refractivity contribution in [1.82, 2.24) is 9.80 Å². The summed E-state index contributed by atoms with van der Waals surface area (Å²) in [5.74, 6) is 0.00906. The van der Waals surface area contributed by atoms with Gasteiger partial charge < -0.3 is 14.4 Å². The van der Waals surface area contributed by atoms with Gasteiger partial charge in [-0.05, 0) is 65.9 Å². The monoisotopic (exact) mass is 596 g/mol. The molecule has 4 atom stereocenters. The summed E-state index contributed by atoms with van der Waals surface area (Å²) in [6.45, 7) is 14.0. The summed E-state index contributed by atoms with van der Waals surface area (Å²) in [5.41, 5.74) is 1.29. The van der Waals surface area contributed by atoms with Crippen LogP contribution < -0.4 is 4.74 Å².